The van der Waals surface area contributed by atoms with E-state index in [0.717, 1.165) is 39.3 Å². The number of hydrogen-bond acceptors (Lipinski definition) is 4. The second-order valence-corrected chi connectivity index (χ2v) is 7.59. The zero-order valence-electron chi connectivity index (χ0n) is 14.4. The summed E-state index contributed by atoms with van der Waals surface area (Å²) in [7, 11) is 1.69. The fourth-order valence-corrected chi connectivity index (χ4v) is 3.76. The molecule has 0 unspecified atom stereocenters. The predicted octanol–water partition coefficient (Wildman–Crippen LogP) is 5.18. The highest BCUT2D eigenvalue weighted by Gasteiger charge is 2.35. The number of benzene rings is 2. The molecule has 3 rings (SSSR count). The summed E-state index contributed by atoms with van der Waals surface area (Å²) < 4.78 is 26.4. The molecule has 0 N–H and O–H groups in total. The normalized spacial score (nSPS) is 16.6. The van der Waals surface area contributed by atoms with Crippen LogP contribution in [0.4, 0.5) is 4.39 Å². The maximum absolute atomic E-state index is 14.3. The Hall–Kier alpha value is -1.27. The first-order chi connectivity index (χ1) is 12.1. The van der Waals surface area contributed by atoms with Gasteiger partial charge < -0.3 is 9.47 Å². The Kier molecular flexibility index (Phi) is 5.89. The smallest absolute Gasteiger partial charge is 0.124 e. The van der Waals surface area contributed by atoms with E-state index in [1.807, 2.05) is 36.6 Å². The molecular weight excluding hydrogens is 355 g/mol. The van der Waals surface area contributed by atoms with Crippen LogP contribution in [0.2, 0.25) is 0 Å². The molecule has 25 heavy (non-hydrogen) atoms. The summed E-state index contributed by atoms with van der Waals surface area (Å²) in [6, 6.07) is 13.1. The van der Waals surface area contributed by atoms with Crippen LogP contribution in [0.5, 0.6) is 0 Å². The molecule has 1 aliphatic rings. The summed E-state index contributed by atoms with van der Waals surface area (Å²) in [5, 5.41) is 0. The van der Waals surface area contributed by atoms with Gasteiger partial charge in [-0.3, -0.25) is 0 Å². The maximum atomic E-state index is 14.3. The molecule has 0 amide bonds. The third kappa shape index (κ3) is 3.95. The average Bonchev–Trinajstić information content (AvgIpc) is 2.67. The van der Waals surface area contributed by atoms with Crippen LogP contribution in [0.15, 0.2) is 42.5 Å². The highest BCUT2D eigenvalue weighted by molar-refractivity contribution is 8.23. The molecular formula is C20H21FO2S2. The van der Waals surface area contributed by atoms with Gasteiger partial charge in [-0.25, -0.2) is 4.39 Å². The Balaban J connectivity index is 1.98. The third-order valence-corrected chi connectivity index (χ3v) is 6.10. The van der Waals surface area contributed by atoms with Crippen molar-refractivity contribution in [2.75, 3.05) is 26.6 Å². The van der Waals surface area contributed by atoms with E-state index in [2.05, 4.69) is 0 Å². The van der Waals surface area contributed by atoms with Crippen LogP contribution < -0.4 is 0 Å². The van der Waals surface area contributed by atoms with Gasteiger partial charge in [0.1, 0.15) is 5.82 Å². The molecule has 2 nitrogen and oxygen atoms in total. The van der Waals surface area contributed by atoms with E-state index in [4.69, 9.17) is 21.7 Å². The van der Waals surface area contributed by atoms with E-state index in [1.54, 1.807) is 31.0 Å². The summed E-state index contributed by atoms with van der Waals surface area (Å²) in [4.78, 5) is 0. The Morgan fingerprint density at radius 1 is 1.12 bits per heavy atom. The number of halogens is 1. The van der Waals surface area contributed by atoms with Crippen LogP contribution in [0.1, 0.15) is 24.0 Å². The van der Waals surface area contributed by atoms with E-state index < -0.39 is 5.60 Å². The van der Waals surface area contributed by atoms with Crippen LogP contribution in [-0.4, -0.2) is 30.8 Å². The number of rotatable bonds is 4. The lowest BCUT2D eigenvalue weighted by Crippen LogP contribution is -2.35. The molecule has 2 aromatic rings. The van der Waals surface area contributed by atoms with Crippen molar-refractivity contribution in [3.05, 3.63) is 59.4 Å². The number of ether oxygens (including phenoxy) is 2. The van der Waals surface area contributed by atoms with E-state index in [1.165, 1.54) is 0 Å². The molecule has 0 spiro atoms. The van der Waals surface area contributed by atoms with Crippen LogP contribution in [-0.2, 0) is 15.1 Å². The maximum Gasteiger partial charge on any atom is 0.124 e. The molecule has 0 bridgehead atoms. The van der Waals surface area contributed by atoms with E-state index in [0.29, 0.717) is 13.2 Å². The lowest BCUT2D eigenvalue weighted by molar-refractivity contribution is -0.0948. The fourth-order valence-electron chi connectivity index (χ4n) is 3.25. The number of thioether (sulfide) groups is 1. The van der Waals surface area contributed by atoms with Gasteiger partial charge in [0.25, 0.3) is 0 Å². The first-order valence-corrected chi connectivity index (χ1v) is 9.84. The molecule has 1 fully saturated rings. The van der Waals surface area contributed by atoms with Crippen LogP contribution >= 0.6 is 24.0 Å². The molecule has 0 saturated carbocycles. The number of hydrogen-bond donors (Lipinski definition) is 0. The molecule has 0 aromatic heterocycles. The first-order valence-electron chi connectivity index (χ1n) is 8.21. The zero-order valence-corrected chi connectivity index (χ0v) is 16.0. The van der Waals surface area contributed by atoms with Crippen LogP contribution in [0.25, 0.3) is 11.1 Å². The number of methoxy groups -OCH3 is 1. The van der Waals surface area contributed by atoms with E-state index >= 15 is 0 Å². The molecule has 1 aliphatic heterocycles. The largest absolute Gasteiger partial charge is 0.381 e. The van der Waals surface area contributed by atoms with Gasteiger partial charge in [-0.1, -0.05) is 36.5 Å². The second kappa shape index (κ2) is 7.96. The van der Waals surface area contributed by atoms with Gasteiger partial charge in [0, 0.05) is 33.2 Å². The highest BCUT2D eigenvalue weighted by atomic mass is 32.2. The van der Waals surface area contributed by atoms with Gasteiger partial charge in [0.2, 0.25) is 0 Å². The Morgan fingerprint density at radius 3 is 2.40 bits per heavy atom. The monoisotopic (exact) mass is 376 g/mol. The quantitative estimate of drug-likeness (QED) is 0.684. The second-order valence-electron chi connectivity index (χ2n) is 6.11. The van der Waals surface area contributed by atoms with Crippen molar-refractivity contribution in [2.24, 2.45) is 0 Å². The Morgan fingerprint density at radius 2 is 1.80 bits per heavy atom. The van der Waals surface area contributed by atoms with Crippen molar-refractivity contribution in [1.29, 1.82) is 0 Å². The minimum atomic E-state index is -0.477. The molecule has 0 radical (unpaired) electrons. The first kappa shape index (κ1) is 18.5. The standard InChI is InChI=1S/C20H21FO2S2/c1-22-20(7-9-23-10-8-20)17-11-16(12-18(21)13-17)14-3-5-15(6-4-14)19(24)25-2/h3-6,11-13H,7-10H2,1-2H3. The molecule has 0 atom stereocenters. The topological polar surface area (TPSA) is 18.5 Å². The van der Waals surface area contributed by atoms with Crippen molar-refractivity contribution in [2.45, 2.75) is 18.4 Å². The Bertz CT molecular complexity index is 753. The lowest BCUT2D eigenvalue weighted by atomic mass is 9.84. The van der Waals surface area contributed by atoms with Crippen molar-refractivity contribution in [1.82, 2.24) is 0 Å². The van der Waals surface area contributed by atoms with Gasteiger partial charge in [0.15, 0.2) is 0 Å². The van der Waals surface area contributed by atoms with Gasteiger partial charge in [-0.15, -0.1) is 11.8 Å². The summed E-state index contributed by atoms with van der Waals surface area (Å²) in [6.45, 7) is 1.25. The minimum Gasteiger partial charge on any atom is -0.381 e. The Labute approximate surface area is 157 Å². The number of thiocarbonyl (C=S) groups is 1. The average molecular weight is 377 g/mol. The molecule has 5 heteroatoms. The van der Waals surface area contributed by atoms with E-state index in [9.17, 15) is 4.39 Å². The fraction of sp³-hybridized carbons (Fsp3) is 0.350. The summed E-state index contributed by atoms with van der Waals surface area (Å²) in [5.74, 6) is -0.251. The van der Waals surface area contributed by atoms with Gasteiger partial charge >= 0.3 is 0 Å². The molecule has 132 valence electrons. The molecule has 1 saturated heterocycles. The van der Waals surface area contributed by atoms with Crippen molar-refractivity contribution in [3.63, 3.8) is 0 Å². The van der Waals surface area contributed by atoms with Gasteiger partial charge in [-0.2, -0.15) is 0 Å². The van der Waals surface area contributed by atoms with E-state index in [-0.39, 0.29) is 5.82 Å². The minimum absolute atomic E-state index is 0.251. The predicted molar refractivity (Wildman–Crippen MR) is 106 cm³/mol. The van der Waals surface area contributed by atoms with Crippen molar-refractivity contribution >= 4 is 28.2 Å². The van der Waals surface area contributed by atoms with Crippen molar-refractivity contribution < 1.29 is 13.9 Å². The summed E-state index contributed by atoms with van der Waals surface area (Å²) in [6.07, 6.45) is 3.42. The van der Waals surface area contributed by atoms with Gasteiger partial charge in [-0.05, 0) is 46.7 Å². The van der Waals surface area contributed by atoms with Gasteiger partial charge in [0.05, 0.1) is 9.80 Å². The molecule has 0 aliphatic carbocycles. The molecule has 2 aromatic carbocycles. The highest BCUT2D eigenvalue weighted by Crippen LogP contribution is 2.37. The summed E-state index contributed by atoms with van der Waals surface area (Å²) >= 11 is 6.86. The van der Waals surface area contributed by atoms with Crippen molar-refractivity contribution in [3.8, 4) is 11.1 Å². The lowest BCUT2D eigenvalue weighted by Gasteiger charge is -2.36. The summed E-state index contributed by atoms with van der Waals surface area (Å²) in [5.41, 5.74) is 3.22. The van der Waals surface area contributed by atoms with Crippen LogP contribution in [0.3, 0.4) is 0 Å². The SMILES string of the molecule is COC1(c2cc(F)cc(-c3ccc(C(=S)SC)cc3)c2)CCOCC1. The molecule has 1 heterocycles. The van der Waals surface area contributed by atoms with Crippen LogP contribution in [0, 0.1) is 5.82 Å². The zero-order chi connectivity index (χ0) is 17.9. The third-order valence-electron chi connectivity index (χ3n) is 4.75.